The van der Waals surface area contributed by atoms with Crippen molar-refractivity contribution >= 4 is 33.0 Å². The maximum atomic E-state index is 13.5. The Balaban J connectivity index is 2.39. The lowest BCUT2D eigenvalue weighted by molar-refractivity contribution is -0.387. The van der Waals surface area contributed by atoms with E-state index in [1.807, 2.05) is 0 Å². The van der Waals surface area contributed by atoms with Crippen molar-refractivity contribution in [2.75, 3.05) is 4.72 Å². The first-order valence-corrected chi connectivity index (χ1v) is 7.80. The first kappa shape index (κ1) is 16.2. The third kappa shape index (κ3) is 3.34. The molecule has 0 fully saturated rings. The van der Waals surface area contributed by atoms with Crippen LogP contribution >= 0.6 is 11.6 Å². The second-order valence-electron chi connectivity index (χ2n) is 4.44. The Hall–Kier alpha value is -2.19. The predicted octanol–water partition coefficient (Wildman–Crippen LogP) is 3.50. The molecule has 22 heavy (non-hydrogen) atoms. The SMILES string of the molecule is Cc1ccc(Cl)cc1S(=O)(=O)Nc1ccc([N+](=O)[O-])c(F)c1. The quantitative estimate of drug-likeness (QED) is 0.679. The van der Waals surface area contributed by atoms with Gasteiger partial charge in [-0.15, -0.1) is 0 Å². The van der Waals surface area contributed by atoms with Gasteiger partial charge >= 0.3 is 5.69 Å². The lowest BCUT2D eigenvalue weighted by Gasteiger charge is -2.10. The molecule has 1 N–H and O–H groups in total. The molecule has 6 nitrogen and oxygen atoms in total. The number of hydrogen-bond donors (Lipinski definition) is 1. The van der Waals surface area contributed by atoms with Gasteiger partial charge in [-0.1, -0.05) is 17.7 Å². The normalized spacial score (nSPS) is 11.2. The average Bonchev–Trinajstić information content (AvgIpc) is 2.40. The summed E-state index contributed by atoms with van der Waals surface area (Å²) in [6, 6.07) is 7.09. The molecule has 2 rings (SSSR count). The summed E-state index contributed by atoms with van der Waals surface area (Å²) in [5.41, 5.74) is -0.399. The van der Waals surface area contributed by atoms with Crippen LogP contribution in [-0.4, -0.2) is 13.3 Å². The van der Waals surface area contributed by atoms with Crippen molar-refractivity contribution in [1.82, 2.24) is 0 Å². The van der Waals surface area contributed by atoms with Crippen LogP contribution in [0.2, 0.25) is 5.02 Å². The van der Waals surface area contributed by atoms with Gasteiger partial charge in [0.1, 0.15) is 0 Å². The summed E-state index contributed by atoms with van der Waals surface area (Å²) < 4.78 is 40.2. The number of sulfonamides is 1. The van der Waals surface area contributed by atoms with Crippen LogP contribution in [0.1, 0.15) is 5.56 Å². The number of benzene rings is 2. The summed E-state index contributed by atoms with van der Waals surface area (Å²) >= 11 is 5.78. The standard InChI is InChI=1S/C13H10ClFN2O4S/c1-8-2-3-9(14)6-13(8)22(20,21)16-10-4-5-12(17(18)19)11(15)7-10/h2-7,16H,1H3. The lowest BCUT2D eigenvalue weighted by Crippen LogP contribution is -2.14. The molecule has 0 atom stereocenters. The number of nitrogens with one attached hydrogen (secondary N) is 1. The summed E-state index contributed by atoms with van der Waals surface area (Å²) in [7, 11) is -3.99. The van der Waals surface area contributed by atoms with Gasteiger partial charge in [0.2, 0.25) is 5.82 Å². The fourth-order valence-corrected chi connectivity index (χ4v) is 3.35. The van der Waals surface area contributed by atoms with Gasteiger partial charge in [0.25, 0.3) is 10.0 Å². The molecule has 0 aromatic heterocycles. The van der Waals surface area contributed by atoms with E-state index in [-0.39, 0.29) is 15.6 Å². The van der Waals surface area contributed by atoms with E-state index in [0.717, 1.165) is 18.2 Å². The van der Waals surface area contributed by atoms with E-state index in [1.54, 1.807) is 13.0 Å². The Kier molecular flexibility index (Phi) is 4.34. The molecular weight excluding hydrogens is 335 g/mol. The molecule has 0 heterocycles. The fourth-order valence-electron chi connectivity index (χ4n) is 1.79. The number of halogens is 2. The molecule has 2 aromatic rings. The van der Waals surface area contributed by atoms with Gasteiger partial charge in [-0.3, -0.25) is 14.8 Å². The maximum absolute atomic E-state index is 13.5. The third-order valence-electron chi connectivity index (χ3n) is 2.84. The molecule has 0 unspecified atom stereocenters. The number of aryl methyl sites for hydroxylation is 1. The molecule has 0 aliphatic carbocycles. The van der Waals surface area contributed by atoms with Gasteiger partial charge in [-0.05, 0) is 30.7 Å². The molecule has 2 aromatic carbocycles. The molecule has 0 amide bonds. The molecule has 116 valence electrons. The Morgan fingerprint density at radius 1 is 1.23 bits per heavy atom. The zero-order valence-corrected chi connectivity index (χ0v) is 12.8. The Morgan fingerprint density at radius 2 is 1.91 bits per heavy atom. The second-order valence-corrected chi connectivity index (χ2v) is 6.53. The maximum Gasteiger partial charge on any atom is 0.304 e. The van der Waals surface area contributed by atoms with E-state index in [4.69, 9.17) is 11.6 Å². The number of anilines is 1. The topological polar surface area (TPSA) is 89.3 Å². The molecule has 0 aliphatic rings. The van der Waals surface area contributed by atoms with Crippen LogP contribution < -0.4 is 4.72 Å². The van der Waals surface area contributed by atoms with Gasteiger partial charge in [0.15, 0.2) is 0 Å². The molecule has 0 spiro atoms. The predicted molar refractivity (Wildman–Crippen MR) is 80.1 cm³/mol. The van der Waals surface area contributed by atoms with Gasteiger partial charge in [-0.2, -0.15) is 4.39 Å². The number of nitro benzene ring substituents is 1. The lowest BCUT2D eigenvalue weighted by atomic mass is 10.2. The number of hydrogen-bond acceptors (Lipinski definition) is 4. The fraction of sp³-hybridized carbons (Fsp3) is 0.0769. The second kappa shape index (κ2) is 5.90. The summed E-state index contributed by atoms with van der Waals surface area (Å²) in [6.07, 6.45) is 0. The van der Waals surface area contributed by atoms with Gasteiger partial charge in [-0.25, -0.2) is 8.42 Å². The van der Waals surface area contributed by atoms with Crippen LogP contribution in [0.25, 0.3) is 0 Å². The first-order chi connectivity index (χ1) is 10.2. The van der Waals surface area contributed by atoms with E-state index in [1.165, 1.54) is 12.1 Å². The van der Waals surface area contributed by atoms with Crippen molar-refractivity contribution in [2.24, 2.45) is 0 Å². The van der Waals surface area contributed by atoms with Crippen LogP contribution in [0.15, 0.2) is 41.3 Å². The van der Waals surface area contributed by atoms with Crippen molar-refractivity contribution in [3.63, 3.8) is 0 Å². The van der Waals surface area contributed by atoms with E-state index >= 15 is 0 Å². The van der Waals surface area contributed by atoms with E-state index < -0.39 is 26.5 Å². The van der Waals surface area contributed by atoms with Crippen LogP contribution in [0.3, 0.4) is 0 Å². The summed E-state index contributed by atoms with van der Waals surface area (Å²) in [5, 5.41) is 10.8. The van der Waals surface area contributed by atoms with E-state index in [2.05, 4.69) is 4.72 Å². The third-order valence-corrected chi connectivity index (χ3v) is 4.59. The molecule has 0 aliphatic heterocycles. The van der Waals surface area contributed by atoms with Crippen molar-refractivity contribution in [2.45, 2.75) is 11.8 Å². The molecular formula is C13H10ClFN2O4S. The Bertz CT molecular complexity index is 855. The summed E-state index contributed by atoms with van der Waals surface area (Å²) in [5.74, 6) is -1.13. The summed E-state index contributed by atoms with van der Waals surface area (Å²) in [6.45, 7) is 1.58. The Labute approximate surface area is 130 Å². The average molecular weight is 345 g/mol. The highest BCUT2D eigenvalue weighted by molar-refractivity contribution is 7.92. The zero-order valence-electron chi connectivity index (χ0n) is 11.2. The minimum absolute atomic E-state index is 0.0567. The Morgan fingerprint density at radius 3 is 2.50 bits per heavy atom. The molecule has 0 bridgehead atoms. The largest absolute Gasteiger partial charge is 0.304 e. The van der Waals surface area contributed by atoms with Crippen molar-refractivity contribution in [3.05, 3.63) is 62.9 Å². The van der Waals surface area contributed by atoms with Crippen LogP contribution in [-0.2, 0) is 10.0 Å². The number of nitrogens with zero attached hydrogens (tertiary/aromatic N) is 1. The minimum Gasteiger partial charge on any atom is -0.280 e. The molecule has 0 saturated heterocycles. The van der Waals surface area contributed by atoms with Gasteiger partial charge < -0.3 is 0 Å². The number of nitro groups is 1. The van der Waals surface area contributed by atoms with Gasteiger partial charge in [0.05, 0.1) is 15.5 Å². The minimum atomic E-state index is -3.99. The number of rotatable bonds is 4. The summed E-state index contributed by atoms with van der Waals surface area (Å²) in [4.78, 5) is 9.58. The van der Waals surface area contributed by atoms with Crippen LogP contribution in [0, 0.1) is 22.9 Å². The smallest absolute Gasteiger partial charge is 0.280 e. The van der Waals surface area contributed by atoms with Gasteiger partial charge in [0, 0.05) is 17.2 Å². The first-order valence-electron chi connectivity index (χ1n) is 5.93. The highest BCUT2D eigenvalue weighted by Crippen LogP contribution is 2.25. The van der Waals surface area contributed by atoms with E-state index in [9.17, 15) is 22.9 Å². The van der Waals surface area contributed by atoms with Crippen molar-refractivity contribution < 1.29 is 17.7 Å². The van der Waals surface area contributed by atoms with Crippen LogP contribution in [0.4, 0.5) is 15.8 Å². The molecule has 9 heteroatoms. The van der Waals surface area contributed by atoms with Crippen molar-refractivity contribution in [1.29, 1.82) is 0 Å². The van der Waals surface area contributed by atoms with Crippen molar-refractivity contribution in [3.8, 4) is 0 Å². The van der Waals surface area contributed by atoms with Crippen LogP contribution in [0.5, 0.6) is 0 Å². The monoisotopic (exact) mass is 344 g/mol. The highest BCUT2D eigenvalue weighted by Gasteiger charge is 2.20. The highest BCUT2D eigenvalue weighted by atomic mass is 35.5. The zero-order chi connectivity index (χ0) is 16.5. The van der Waals surface area contributed by atoms with E-state index in [0.29, 0.717) is 5.56 Å². The molecule has 0 saturated carbocycles. The molecule has 0 radical (unpaired) electrons.